The van der Waals surface area contributed by atoms with Gasteiger partial charge in [0, 0.05) is 54.1 Å². The molecule has 0 amide bonds. The number of fused-ring (bicyclic) bond motifs is 3. The molecule has 0 aliphatic carbocycles. The van der Waals surface area contributed by atoms with E-state index < -0.39 is 0 Å². The molecule has 5 heterocycles. The summed E-state index contributed by atoms with van der Waals surface area (Å²) in [6.07, 6.45) is 7.13. The molecule has 7 rings (SSSR count). The first-order valence-electron chi connectivity index (χ1n) is 14.4. The summed E-state index contributed by atoms with van der Waals surface area (Å²) < 4.78 is 14.3. The summed E-state index contributed by atoms with van der Waals surface area (Å²) in [6, 6.07) is 13.9. The molecule has 3 aliphatic heterocycles. The van der Waals surface area contributed by atoms with Gasteiger partial charge in [0.1, 0.15) is 18.2 Å². The molecule has 1 fully saturated rings. The van der Waals surface area contributed by atoms with Crippen LogP contribution in [0.15, 0.2) is 48.9 Å². The number of aromatic nitrogens is 4. The van der Waals surface area contributed by atoms with Crippen molar-refractivity contribution in [3.05, 3.63) is 65.9 Å². The maximum Gasteiger partial charge on any atom is 0.318 e. The molecular formula is C31H37N7O2. The first kappa shape index (κ1) is 25.1. The van der Waals surface area contributed by atoms with Crippen LogP contribution in [-0.4, -0.2) is 70.4 Å². The number of benzene rings is 2. The van der Waals surface area contributed by atoms with Crippen LogP contribution < -0.4 is 19.3 Å². The second-order valence-electron chi connectivity index (χ2n) is 11.4. The fourth-order valence-corrected chi connectivity index (χ4v) is 6.54. The smallest absolute Gasteiger partial charge is 0.318 e. The number of anilines is 2. The molecule has 208 valence electrons. The Kier molecular flexibility index (Phi) is 6.46. The number of likely N-dealkylation sites (tertiary alicyclic amines) is 1. The van der Waals surface area contributed by atoms with Crippen molar-refractivity contribution in [1.29, 1.82) is 0 Å². The predicted molar refractivity (Wildman–Crippen MR) is 156 cm³/mol. The van der Waals surface area contributed by atoms with Crippen LogP contribution in [0.5, 0.6) is 11.8 Å². The van der Waals surface area contributed by atoms with Crippen molar-refractivity contribution in [2.24, 2.45) is 0 Å². The Morgan fingerprint density at radius 2 is 1.98 bits per heavy atom. The van der Waals surface area contributed by atoms with Gasteiger partial charge in [-0.2, -0.15) is 9.97 Å². The molecule has 0 radical (unpaired) electrons. The summed E-state index contributed by atoms with van der Waals surface area (Å²) in [7, 11) is 3.91. The van der Waals surface area contributed by atoms with Crippen LogP contribution in [-0.2, 0) is 26.1 Å². The molecule has 0 bridgehead atoms. The van der Waals surface area contributed by atoms with E-state index in [0.717, 1.165) is 56.3 Å². The van der Waals surface area contributed by atoms with Crippen molar-refractivity contribution in [2.75, 3.05) is 43.7 Å². The second-order valence-corrected chi connectivity index (χ2v) is 11.4. The van der Waals surface area contributed by atoms with Gasteiger partial charge in [0.25, 0.3) is 0 Å². The monoisotopic (exact) mass is 539 g/mol. The molecule has 0 saturated carbocycles. The fourth-order valence-electron chi connectivity index (χ4n) is 6.54. The SMILES string of the molecule is COc1cc(N2CCc3c(nc(OC[C@@H]4CCCN4C)nc3N3Cc4cncn4C[C@H]3C)C2)c2ccccc2c1. The van der Waals surface area contributed by atoms with Gasteiger partial charge in [-0.3, -0.25) is 0 Å². The van der Waals surface area contributed by atoms with Crippen LogP contribution in [0.25, 0.3) is 10.8 Å². The van der Waals surface area contributed by atoms with Gasteiger partial charge in [-0.1, -0.05) is 24.3 Å². The summed E-state index contributed by atoms with van der Waals surface area (Å²) in [5.74, 6) is 1.88. The molecule has 4 aromatic rings. The van der Waals surface area contributed by atoms with Crippen molar-refractivity contribution in [3.8, 4) is 11.8 Å². The number of hydrogen-bond donors (Lipinski definition) is 0. The standard InChI is InChI=1S/C31H37N7O2/c1-21-16-37-20-32-15-24(37)17-38(21)30-27-10-12-36(29-14-25(39-3)13-22-7-4-5-9-26(22)29)18-28(27)33-31(34-30)40-19-23-8-6-11-35(23)2/h4-5,7,9,13-15,20-21,23H,6,8,10-12,16-19H2,1-3H3/t21-,23+/m1/s1. The normalized spacial score (nSPS) is 21.0. The molecule has 0 N–H and O–H groups in total. The number of imidazole rings is 1. The quantitative estimate of drug-likeness (QED) is 0.360. The van der Waals surface area contributed by atoms with Gasteiger partial charge in [0.2, 0.25) is 0 Å². The Morgan fingerprint density at radius 3 is 2.83 bits per heavy atom. The van der Waals surface area contributed by atoms with Crippen LogP contribution >= 0.6 is 0 Å². The minimum atomic E-state index is 0.287. The van der Waals surface area contributed by atoms with Crippen molar-refractivity contribution in [1.82, 2.24) is 24.4 Å². The molecule has 2 aromatic carbocycles. The molecule has 3 aliphatic rings. The molecule has 9 heteroatoms. The lowest BCUT2D eigenvalue weighted by Gasteiger charge is -2.38. The highest BCUT2D eigenvalue weighted by molar-refractivity contribution is 5.95. The van der Waals surface area contributed by atoms with E-state index in [1.807, 2.05) is 12.5 Å². The summed E-state index contributed by atoms with van der Waals surface area (Å²) in [4.78, 5) is 21.7. The highest BCUT2D eigenvalue weighted by atomic mass is 16.5. The fraction of sp³-hybridized carbons (Fsp3) is 0.452. The number of methoxy groups -OCH3 is 1. The van der Waals surface area contributed by atoms with Crippen molar-refractivity contribution >= 4 is 22.3 Å². The summed E-state index contributed by atoms with van der Waals surface area (Å²) >= 11 is 0. The molecule has 2 aromatic heterocycles. The molecule has 2 atom stereocenters. The lowest BCUT2D eigenvalue weighted by molar-refractivity contribution is 0.187. The average Bonchev–Trinajstić information content (AvgIpc) is 3.62. The summed E-state index contributed by atoms with van der Waals surface area (Å²) in [5.41, 5.74) is 4.66. The third kappa shape index (κ3) is 4.52. The lowest BCUT2D eigenvalue weighted by Crippen LogP contribution is -2.43. The maximum absolute atomic E-state index is 6.35. The van der Waals surface area contributed by atoms with Crippen LogP contribution in [0.3, 0.4) is 0 Å². The Hall–Kier alpha value is -3.85. The van der Waals surface area contributed by atoms with Gasteiger partial charge in [-0.15, -0.1) is 0 Å². The van der Waals surface area contributed by atoms with Gasteiger partial charge < -0.3 is 28.7 Å². The topological polar surface area (TPSA) is 71.8 Å². The Morgan fingerprint density at radius 1 is 1.07 bits per heavy atom. The van der Waals surface area contributed by atoms with Crippen LogP contribution in [0.2, 0.25) is 0 Å². The number of hydrogen-bond acceptors (Lipinski definition) is 8. The van der Waals surface area contributed by atoms with E-state index in [2.05, 4.69) is 74.6 Å². The Balaban J connectivity index is 1.26. The number of likely N-dealkylation sites (N-methyl/N-ethyl adjacent to an activating group) is 1. The molecule has 0 unspecified atom stereocenters. The molecule has 40 heavy (non-hydrogen) atoms. The number of ether oxygens (including phenoxy) is 2. The van der Waals surface area contributed by atoms with E-state index in [9.17, 15) is 0 Å². The van der Waals surface area contributed by atoms with E-state index in [1.165, 1.54) is 34.1 Å². The van der Waals surface area contributed by atoms with Gasteiger partial charge in [0.15, 0.2) is 0 Å². The second kappa shape index (κ2) is 10.3. The van der Waals surface area contributed by atoms with Crippen LogP contribution in [0.1, 0.15) is 36.7 Å². The van der Waals surface area contributed by atoms with E-state index in [4.69, 9.17) is 19.4 Å². The van der Waals surface area contributed by atoms with Gasteiger partial charge in [-0.25, -0.2) is 4.98 Å². The Bertz CT molecular complexity index is 1540. The summed E-state index contributed by atoms with van der Waals surface area (Å²) in [6.45, 7) is 7.24. The molecule has 0 spiro atoms. The first-order chi connectivity index (χ1) is 19.6. The third-order valence-electron chi connectivity index (χ3n) is 8.88. The molecule has 1 saturated heterocycles. The van der Waals surface area contributed by atoms with Crippen molar-refractivity contribution in [3.63, 3.8) is 0 Å². The van der Waals surface area contributed by atoms with Crippen LogP contribution in [0.4, 0.5) is 11.5 Å². The zero-order chi connectivity index (χ0) is 27.2. The highest BCUT2D eigenvalue weighted by Gasteiger charge is 2.31. The van der Waals surface area contributed by atoms with Gasteiger partial charge >= 0.3 is 6.01 Å². The first-order valence-corrected chi connectivity index (χ1v) is 14.4. The lowest BCUT2D eigenvalue weighted by atomic mass is 10.0. The minimum absolute atomic E-state index is 0.287. The van der Waals surface area contributed by atoms with E-state index in [-0.39, 0.29) is 6.04 Å². The van der Waals surface area contributed by atoms with Crippen molar-refractivity contribution < 1.29 is 9.47 Å². The average molecular weight is 540 g/mol. The predicted octanol–water partition coefficient (Wildman–Crippen LogP) is 4.28. The third-order valence-corrected chi connectivity index (χ3v) is 8.88. The minimum Gasteiger partial charge on any atom is -0.497 e. The number of nitrogens with zero attached hydrogens (tertiary/aromatic N) is 7. The number of rotatable bonds is 6. The zero-order valence-corrected chi connectivity index (χ0v) is 23.6. The van der Waals surface area contributed by atoms with Crippen molar-refractivity contribution in [2.45, 2.75) is 57.9 Å². The van der Waals surface area contributed by atoms with Crippen LogP contribution in [0, 0.1) is 0 Å². The summed E-state index contributed by atoms with van der Waals surface area (Å²) in [5, 5.41) is 2.40. The van der Waals surface area contributed by atoms with E-state index in [0.29, 0.717) is 25.2 Å². The van der Waals surface area contributed by atoms with Gasteiger partial charge in [-0.05, 0) is 51.2 Å². The van der Waals surface area contributed by atoms with E-state index in [1.54, 1.807) is 7.11 Å². The molecule has 9 nitrogen and oxygen atoms in total. The van der Waals surface area contributed by atoms with E-state index >= 15 is 0 Å². The maximum atomic E-state index is 6.35. The Labute approximate surface area is 235 Å². The zero-order valence-electron chi connectivity index (χ0n) is 23.6. The largest absolute Gasteiger partial charge is 0.497 e. The highest BCUT2D eigenvalue weighted by Crippen LogP contribution is 2.37. The molecular weight excluding hydrogens is 502 g/mol. The van der Waals surface area contributed by atoms with Gasteiger partial charge in [0.05, 0.1) is 37.9 Å².